The standard InChI is InChI=1S/C11H8ClN3O4/c12-7-2-1-5(3-8(7)16)14-9(17)6-4-13-11(19)15-10(6)18/h1-4,16H,(H,14,17)(H2,13,15,18,19). The van der Waals surface area contributed by atoms with Crippen LogP contribution in [-0.4, -0.2) is 21.0 Å². The molecule has 2 rings (SSSR count). The van der Waals surface area contributed by atoms with Crippen LogP contribution in [0.2, 0.25) is 5.02 Å². The molecule has 0 spiro atoms. The number of nitrogens with one attached hydrogen (secondary N) is 3. The van der Waals surface area contributed by atoms with E-state index in [-0.39, 0.29) is 22.0 Å². The third kappa shape index (κ3) is 2.83. The third-order valence-electron chi connectivity index (χ3n) is 2.27. The smallest absolute Gasteiger partial charge is 0.325 e. The topological polar surface area (TPSA) is 115 Å². The maximum atomic E-state index is 11.8. The van der Waals surface area contributed by atoms with E-state index in [1.54, 1.807) is 0 Å². The van der Waals surface area contributed by atoms with Crippen molar-refractivity contribution in [2.45, 2.75) is 0 Å². The fraction of sp³-hybridized carbons (Fsp3) is 0. The van der Waals surface area contributed by atoms with E-state index in [9.17, 15) is 19.5 Å². The zero-order chi connectivity index (χ0) is 14.0. The fourth-order valence-electron chi connectivity index (χ4n) is 1.37. The van der Waals surface area contributed by atoms with E-state index >= 15 is 0 Å². The number of carbonyl (C=O) groups excluding carboxylic acids is 1. The molecule has 0 fully saturated rings. The van der Waals surface area contributed by atoms with Crippen molar-refractivity contribution in [2.24, 2.45) is 0 Å². The first kappa shape index (κ1) is 12.9. The van der Waals surface area contributed by atoms with E-state index in [1.807, 2.05) is 4.98 Å². The molecular formula is C11H8ClN3O4. The summed E-state index contributed by atoms with van der Waals surface area (Å²) in [4.78, 5) is 38.1. The van der Waals surface area contributed by atoms with Crippen molar-refractivity contribution in [2.75, 3.05) is 5.32 Å². The van der Waals surface area contributed by atoms with Gasteiger partial charge in [0.25, 0.3) is 11.5 Å². The van der Waals surface area contributed by atoms with Crippen molar-refractivity contribution >= 4 is 23.2 Å². The molecule has 1 aromatic heterocycles. The molecule has 98 valence electrons. The lowest BCUT2D eigenvalue weighted by atomic mass is 10.2. The van der Waals surface area contributed by atoms with E-state index in [1.165, 1.54) is 18.2 Å². The van der Waals surface area contributed by atoms with Gasteiger partial charge in [0.2, 0.25) is 0 Å². The van der Waals surface area contributed by atoms with Gasteiger partial charge in [-0.3, -0.25) is 14.6 Å². The molecule has 2 aromatic rings. The molecule has 8 heteroatoms. The molecule has 0 radical (unpaired) electrons. The number of hydrogen-bond acceptors (Lipinski definition) is 4. The van der Waals surface area contributed by atoms with Gasteiger partial charge in [0, 0.05) is 18.0 Å². The summed E-state index contributed by atoms with van der Waals surface area (Å²) < 4.78 is 0. The molecule has 0 atom stereocenters. The molecule has 1 amide bonds. The highest BCUT2D eigenvalue weighted by Crippen LogP contribution is 2.26. The zero-order valence-corrected chi connectivity index (χ0v) is 10.1. The van der Waals surface area contributed by atoms with Gasteiger partial charge in [0.15, 0.2) is 0 Å². The second-order valence-corrected chi connectivity index (χ2v) is 4.01. The second-order valence-electron chi connectivity index (χ2n) is 3.61. The van der Waals surface area contributed by atoms with Crippen LogP contribution in [0.15, 0.2) is 34.0 Å². The number of carbonyl (C=O) groups is 1. The Labute approximate surface area is 110 Å². The number of aromatic amines is 2. The SMILES string of the molecule is O=C(Nc1ccc(Cl)c(O)c1)c1c[nH]c(=O)[nH]c1=O. The van der Waals surface area contributed by atoms with Crippen LogP contribution in [0.5, 0.6) is 5.75 Å². The number of phenols is 1. The van der Waals surface area contributed by atoms with Gasteiger partial charge >= 0.3 is 5.69 Å². The van der Waals surface area contributed by atoms with Crippen LogP contribution in [0.3, 0.4) is 0 Å². The van der Waals surface area contributed by atoms with Crippen LogP contribution in [-0.2, 0) is 0 Å². The molecule has 0 aliphatic rings. The first-order chi connectivity index (χ1) is 8.97. The molecule has 7 nitrogen and oxygen atoms in total. The predicted molar refractivity (Wildman–Crippen MR) is 68.8 cm³/mol. The number of amides is 1. The van der Waals surface area contributed by atoms with Gasteiger partial charge in [-0.1, -0.05) is 11.6 Å². The largest absolute Gasteiger partial charge is 0.506 e. The Morgan fingerprint density at radius 2 is 2.05 bits per heavy atom. The lowest BCUT2D eigenvalue weighted by Gasteiger charge is -2.05. The Hall–Kier alpha value is -2.54. The highest BCUT2D eigenvalue weighted by Gasteiger charge is 2.11. The van der Waals surface area contributed by atoms with Gasteiger partial charge in [-0.15, -0.1) is 0 Å². The van der Waals surface area contributed by atoms with Gasteiger partial charge in [0.05, 0.1) is 5.02 Å². The number of hydrogen-bond donors (Lipinski definition) is 4. The summed E-state index contributed by atoms with van der Waals surface area (Å²) in [5.74, 6) is -0.922. The van der Waals surface area contributed by atoms with E-state index in [0.29, 0.717) is 0 Å². The lowest BCUT2D eigenvalue weighted by molar-refractivity contribution is 0.102. The van der Waals surface area contributed by atoms with E-state index < -0.39 is 17.2 Å². The van der Waals surface area contributed by atoms with E-state index in [2.05, 4.69) is 10.3 Å². The van der Waals surface area contributed by atoms with Gasteiger partial charge in [0.1, 0.15) is 11.3 Å². The Bertz CT molecular complexity index is 750. The number of rotatable bonds is 2. The summed E-state index contributed by atoms with van der Waals surface area (Å²) in [6, 6.07) is 4.09. The van der Waals surface area contributed by atoms with Crippen LogP contribution in [0, 0.1) is 0 Å². The van der Waals surface area contributed by atoms with Crippen molar-refractivity contribution < 1.29 is 9.90 Å². The highest BCUT2D eigenvalue weighted by atomic mass is 35.5. The zero-order valence-electron chi connectivity index (χ0n) is 9.36. The van der Waals surface area contributed by atoms with Crippen LogP contribution in [0.4, 0.5) is 5.69 Å². The Morgan fingerprint density at radius 3 is 2.68 bits per heavy atom. The number of H-pyrrole nitrogens is 2. The van der Waals surface area contributed by atoms with Crippen molar-refractivity contribution in [1.29, 1.82) is 0 Å². The average molecular weight is 282 g/mol. The number of anilines is 1. The molecule has 0 saturated carbocycles. The quantitative estimate of drug-likeness (QED) is 0.647. The molecule has 0 saturated heterocycles. The van der Waals surface area contributed by atoms with Gasteiger partial charge in [-0.25, -0.2) is 4.79 Å². The molecule has 0 unspecified atom stereocenters. The average Bonchev–Trinajstić information content (AvgIpc) is 2.33. The Kier molecular flexibility index (Phi) is 3.39. The maximum absolute atomic E-state index is 11.8. The van der Waals surface area contributed by atoms with Gasteiger partial charge in [-0.05, 0) is 12.1 Å². The second kappa shape index (κ2) is 4.99. The fourth-order valence-corrected chi connectivity index (χ4v) is 1.48. The molecule has 19 heavy (non-hydrogen) atoms. The number of aromatic nitrogens is 2. The molecule has 0 aliphatic carbocycles. The normalized spacial score (nSPS) is 10.2. The molecule has 1 aromatic carbocycles. The first-order valence-corrected chi connectivity index (χ1v) is 5.47. The summed E-state index contributed by atoms with van der Waals surface area (Å²) >= 11 is 5.62. The number of phenolic OH excluding ortho intramolecular Hbond substituents is 1. The van der Waals surface area contributed by atoms with Crippen LogP contribution in [0.25, 0.3) is 0 Å². The first-order valence-electron chi connectivity index (χ1n) is 5.09. The Morgan fingerprint density at radius 1 is 1.32 bits per heavy atom. The van der Waals surface area contributed by atoms with Crippen LogP contribution in [0.1, 0.15) is 10.4 Å². The summed E-state index contributed by atoms with van der Waals surface area (Å²) in [5, 5.41) is 11.9. The minimum Gasteiger partial charge on any atom is -0.506 e. The Balaban J connectivity index is 2.28. The van der Waals surface area contributed by atoms with Crippen molar-refractivity contribution in [1.82, 2.24) is 9.97 Å². The molecule has 0 aliphatic heterocycles. The minimum absolute atomic E-state index is 0.139. The van der Waals surface area contributed by atoms with Crippen molar-refractivity contribution in [3.8, 4) is 5.75 Å². The minimum atomic E-state index is -0.806. The van der Waals surface area contributed by atoms with E-state index in [0.717, 1.165) is 6.20 Å². The molecular weight excluding hydrogens is 274 g/mol. The summed E-state index contributed by atoms with van der Waals surface area (Å²) in [6.07, 6.45) is 1.01. The monoisotopic (exact) mass is 281 g/mol. The summed E-state index contributed by atoms with van der Waals surface area (Å²) in [5.41, 5.74) is -1.50. The number of benzene rings is 1. The predicted octanol–water partition coefficient (Wildman–Crippen LogP) is 0.674. The van der Waals surface area contributed by atoms with Gasteiger partial charge in [-0.2, -0.15) is 0 Å². The van der Waals surface area contributed by atoms with Crippen LogP contribution >= 0.6 is 11.6 Å². The lowest BCUT2D eigenvalue weighted by Crippen LogP contribution is -2.29. The number of aromatic hydroxyl groups is 1. The van der Waals surface area contributed by atoms with Crippen molar-refractivity contribution in [3.63, 3.8) is 0 Å². The van der Waals surface area contributed by atoms with E-state index in [4.69, 9.17) is 11.6 Å². The van der Waals surface area contributed by atoms with Gasteiger partial charge < -0.3 is 15.4 Å². The highest BCUT2D eigenvalue weighted by molar-refractivity contribution is 6.32. The molecule has 1 heterocycles. The third-order valence-corrected chi connectivity index (χ3v) is 2.59. The van der Waals surface area contributed by atoms with Crippen molar-refractivity contribution in [3.05, 3.63) is 55.8 Å². The molecule has 0 bridgehead atoms. The summed E-state index contributed by atoms with van der Waals surface area (Å²) in [6.45, 7) is 0. The maximum Gasteiger partial charge on any atom is 0.325 e. The molecule has 4 N–H and O–H groups in total. The summed E-state index contributed by atoms with van der Waals surface area (Å²) in [7, 11) is 0. The number of halogens is 1. The van der Waals surface area contributed by atoms with Crippen LogP contribution < -0.4 is 16.6 Å².